The summed E-state index contributed by atoms with van der Waals surface area (Å²) in [7, 11) is 3.26. The molecule has 1 aliphatic heterocycles. The summed E-state index contributed by atoms with van der Waals surface area (Å²) in [6, 6.07) is 5.85. The van der Waals surface area contributed by atoms with Crippen molar-refractivity contribution < 1.29 is 14.3 Å². The van der Waals surface area contributed by atoms with E-state index in [2.05, 4.69) is 0 Å². The van der Waals surface area contributed by atoms with Gasteiger partial charge >= 0.3 is 0 Å². The second-order valence-corrected chi connectivity index (χ2v) is 7.33. The van der Waals surface area contributed by atoms with Crippen molar-refractivity contribution in [2.24, 2.45) is 5.92 Å². The minimum absolute atomic E-state index is 0.282. The van der Waals surface area contributed by atoms with E-state index in [1.54, 1.807) is 25.6 Å². The molecule has 1 aromatic heterocycles. The van der Waals surface area contributed by atoms with E-state index in [0.717, 1.165) is 42.1 Å². The molecular formula is C18H20N2O3S. The van der Waals surface area contributed by atoms with Crippen LogP contribution in [0.3, 0.4) is 0 Å². The number of nitrogens with zero attached hydrogens (tertiary/aromatic N) is 2. The maximum Gasteiger partial charge on any atom is 0.226 e. The molecule has 0 unspecified atom stereocenters. The summed E-state index contributed by atoms with van der Waals surface area (Å²) in [5, 5.41) is 0.974. The van der Waals surface area contributed by atoms with E-state index in [4.69, 9.17) is 14.5 Å². The van der Waals surface area contributed by atoms with E-state index in [-0.39, 0.29) is 5.92 Å². The molecule has 0 radical (unpaired) electrons. The van der Waals surface area contributed by atoms with Gasteiger partial charge in [-0.25, -0.2) is 4.98 Å². The summed E-state index contributed by atoms with van der Waals surface area (Å²) >= 11 is 1.67. The van der Waals surface area contributed by atoms with Crippen LogP contribution >= 0.6 is 11.3 Å². The maximum absolute atomic E-state index is 12.3. The zero-order valence-electron chi connectivity index (χ0n) is 13.9. The summed E-state index contributed by atoms with van der Waals surface area (Å²) in [6.07, 6.45) is 2.96. The fourth-order valence-electron chi connectivity index (χ4n) is 3.06. The molecule has 2 heterocycles. The van der Waals surface area contributed by atoms with Crippen LogP contribution in [0.5, 0.6) is 11.5 Å². The van der Waals surface area contributed by atoms with Gasteiger partial charge in [-0.05, 0) is 31.0 Å². The molecule has 0 atom stereocenters. The Morgan fingerprint density at radius 2 is 2.04 bits per heavy atom. The molecule has 0 bridgehead atoms. The number of thiazole rings is 1. The number of amides is 1. The van der Waals surface area contributed by atoms with Gasteiger partial charge < -0.3 is 14.4 Å². The molecule has 2 aromatic rings. The number of ether oxygens (including phenoxy) is 2. The Balaban J connectivity index is 1.59. The number of hydrogen-bond donors (Lipinski definition) is 0. The molecule has 1 aliphatic carbocycles. The Morgan fingerprint density at radius 3 is 2.75 bits per heavy atom. The fraction of sp³-hybridized carbons (Fsp3) is 0.444. The molecule has 24 heavy (non-hydrogen) atoms. The van der Waals surface area contributed by atoms with Gasteiger partial charge in [0.05, 0.1) is 26.5 Å². The predicted octanol–water partition coefficient (Wildman–Crippen LogP) is 3.12. The van der Waals surface area contributed by atoms with Crippen molar-refractivity contribution in [2.75, 3.05) is 20.8 Å². The molecule has 1 saturated carbocycles. The Hall–Kier alpha value is -2.08. The van der Waals surface area contributed by atoms with Crippen LogP contribution in [0, 0.1) is 5.92 Å². The van der Waals surface area contributed by atoms with Gasteiger partial charge in [0.15, 0.2) is 11.5 Å². The third-order valence-corrected chi connectivity index (χ3v) is 5.73. The van der Waals surface area contributed by atoms with Gasteiger partial charge in [0.25, 0.3) is 0 Å². The molecule has 1 amide bonds. The third-order valence-electron chi connectivity index (χ3n) is 4.60. The number of carbonyl (C=O) groups excluding carboxylic acids is 1. The SMILES string of the molecule is COc1ccc(-c2nc3c(s2)CN(C(=O)C2CC2)CC3)cc1OC. The van der Waals surface area contributed by atoms with Gasteiger partial charge in [-0.15, -0.1) is 11.3 Å². The first kappa shape index (κ1) is 15.4. The van der Waals surface area contributed by atoms with E-state index >= 15 is 0 Å². The molecule has 126 valence electrons. The van der Waals surface area contributed by atoms with Crippen molar-refractivity contribution in [3.63, 3.8) is 0 Å². The Labute approximate surface area is 145 Å². The highest BCUT2D eigenvalue weighted by Gasteiger charge is 2.35. The second-order valence-electron chi connectivity index (χ2n) is 6.24. The summed E-state index contributed by atoms with van der Waals surface area (Å²) in [6.45, 7) is 1.49. The van der Waals surface area contributed by atoms with Crippen LogP contribution in [0.25, 0.3) is 10.6 Å². The zero-order valence-corrected chi connectivity index (χ0v) is 14.7. The molecular weight excluding hydrogens is 324 g/mol. The normalized spacial score (nSPS) is 16.7. The number of hydrogen-bond acceptors (Lipinski definition) is 5. The lowest BCUT2D eigenvalue weighted by Crippen LogP contribution is -2.36. The van der Waals surface area contributed by atoms with Crippen LogP contribution in [-0.2, 0) is 17.8 Å². The molecule has 0 N–H and O–H groups in total. The van der Waals surface area contributed by atoms with Gasteiger partial charge in [0.1, 0.15) is 5.01 Å². The molecule has 2 aliphatic rings. The number of carbonyl (C=O) groups is 1. The highest BCUT2D eigenvalue weighted by molar-refractivity contribution is 7.15. The number of rotatable bonds is 4. The number of methoxy groups -OCH3 is 2. The van der Waals surface area contributed by atoms with Gasteiger partial charge in [0.2, 0.25) is 5.91 Å². The predicted molar refractivity (Wildman–Crippen MR) is 92.5 cm³/mol. The van der Waals surface area contributed by atoms with Gasteiger partial charge in [0, 0.05) is 29.3 Å². The van der Waals surface area contributed by atoms with Gasteiger partial charge in [-0.3, -0.25) is 4.79 Å². The summed E-state index contributed by atoms with van der Waals surface area (Å²) in [4.78, 5) is 20.3. The topological polar surface area (TPSA) is 51.7 Å². The first-order chi connectivity index (χ1) is 11.7. The molecule has 0 saturated heterocycles. The number of fused-ring (bicyclic) bond motifs is 1. The lowest BCUT2D eigenvalue weighted by molar-refractivity contribution is -0.133. The summed E-state index contributed by atoms with van der Waals surface area (Å²) in [5.74, 6) is 2.02. The number of aromatic nitrogens is 1. The molecule has 5 nitrogen and oxygen atoms in total. The van der Waals surface area contributed by atoms with Crippen LogP contribution < -0.4 is 9.47 Å². The van der Waals surface area contributed by atoms with Gasteiger partial charge in [-0.1, -0.05) is 0 Å². The Bertz CT molecular complexity index is 783. The lowest BCUT2D eigenvalue weighted by Gasteiger charge is -2.26. The quantitative estimate of drug-likeness (QED) is 0.855. The monoisotopic (exact) mass is 344 g/mol. The van der Waals surface area contributed by atoms with E-state index in [1.165, 1.54) is 4.88 Å². The minimum Gasteiger partial charge on any atom is -0.493 e. The van der Waals surface area contributed by atoms with Crippen LogP contribution in [0.15, 0.2) is 18.2 Å². The van der Waals surface area contributed by atoms with E-state index in [0.29, 0.717) is 24.0 Å². The lowest BCUT2D eigenvalue weighted by atomic mass is 10.1. The van der Waals surface area contributed by atoms with E-state index in [1.807, 2.05) is 23.1 Å². The molecule has 4 rings (SSSR count). The second kappa shape index (κ2) is 6.09. The smallest absolute Gasteiger partial charge is 0.226 e. The van der Waals surface area contributed by atoms with Crippen molar-refractivity contribution in [2.45, 2.75) is 25.8 Å². The molecule has 1 fully saturated rings. The van der Waals surface area contributed by atoms with Crippen LogP contribution in [0.2, 0.25) is 0 Å². The fourth-order valence-corrected chi connectivity index (χ4v) is 4.18. The third kappa shape index (κ3) is 2.75. The van der Waals surface area contributed by atoms with E-state index in [9.17, 15) is 4.79 Å². The summed E-state index contributed by atoms with van der Waals surface area (Å²) in [5.41, 5.74) is 2.15. The first-order valence-corrected chi connectivity index (χ1v) is 9.01. The van der Waals surface area contributed by atoms with Crippen molar-refractivity contribution >= 4 is 17.2 Å². The standard InChI is InChI=1S/C18H20N2O3S/c1-22-14-6-5-12(9-15(14)23-2)17-19-13-7-8-20(10-16(13)24-17)18(21)11-3-4-11/h5-6,9,11H,3-4,7-8,10H2,1-2H3. The number of benzene rings is 1. The highest BCUT2D eigenvalue weighted by atomic mass is 32.1. The molecule has 6 heteroatoms. The average Bonchev–Trinajstić information content (AvgIpc) is 3.38. The van der Waals surface area contributed by atoms with Crippen molar-refractivity contribution in [3.05, 3.63) is 28.8 Å². The van der Waals surface area contributed by atoms with Crippen LogP contribution in [0.4, 0.5) is 0 Å². The first-order valence-electron chi connectivity index (χ1n) is 8.19. The molecule has 1 aromatic carbocycles. The molecule has 0 spiro atoms. The summed E-state index contributed by atoms with van der Waals surface area (Å²) < 4.78 is 10.7. The highest BCUT2D eigenvalue weighted by Crippen LogP contribution is 2.38. The largest absolute Gasteiger partial charge is 0.493 e. The van der Waals surface area contributed by atoms with Crippen LogP contribution in [-0.4, -0.2) is 36.6 Å². The average molecular weight is 344 g/mol. The van der Waals surface area contributed by atoms with Crippen molar-refractivity contribution in [1.82, 2.24) is 9.88 Å². The van der Waals surface area contributed by atoms with Crippen LogP contribution in [0.1, 0.15) is 23.4 Å². The zero-order chi connectivity index (χ0) is 16.7. The van der Waals surface area contributed by atoms with E-state index < -0.39 is 0 Å². The Kier molecular flexibility index (Phi) is 3.92. The maximum atomic E-state index is 12.3. The van der Waals surface area contributed by atoms with Crippen molar-refractivity contribution in [1.29, 1.82) is 0 Å². The minimum atomic E-state index is 0.282. The Morgan fingerprint density at radius 1 is 1.25 bits per heavy atom. The van der Waals surface area contributed by atoms with Crippen molar-refractivity contribution in [3.8, 4) is 22.1 Å². The van der Waals surface area contributed by atoms with Gasteiger partial charge in [-0.2, -0.15) is 0 Å².